The van der Waals surface area contributed by atoms with Crippen LogP contribution in [-0.2, 0) is 12.8 Å². The van der Waals surface area contributed by atoms with Gasteiger partial charge in [0.25, 0.3) is 0 Å². The lowest BCUT2D eigenvalue weighted by molar-refractivity contribution is 0.387. The number of rotatable bonds is 7. The smallest absolute Gasteiger partial charge is 0.223 e. The molecule has 0 bridgehead atoms. The molecule has 2 rings (SSSR count). The highest BCUT2D eigenvalue weighted by molar-refractivity contribution is 5.57. The van der Waals surface area contributed by atoms with E-state index >= 15 is 0 Å². The first-order valence-corrected chi connectivity index (χ1v) is 6.79. The normalized spacial score (nSPS) is 10.6. The zero-order valence-electron chi connectivity index (χ0n) is 12.1. The van der Waals surface area contributed by atoms with Crippen molar-refractivity contribution in [3.05, 3.63) is 23.6 Å². The SMILES string of the molecule is CCCc1c(NC)ncnc1NCCc1noc(C)n1. The fourth-order valence-electron chi connectivity index (χ4n) is 2.00. The van der Waals surface area contributed by atoms with Crippen LogP contribution in [-0.4, -0.2) is 33.7 Å². The minimum atomic E-state index is 0.589. The van der Waals surface area contributed by atoms with E-state index in [1.165, 1.54) is 0 Å². The number of aromatic nitrogens is 4. The van der Waals surface area contributed by atoms with Crippen molar-refractivity contribution in [1.82, 2.24) is 20.1 Å². The molecule has 0 atom stereocenters. The third kappa shape index (κ3) is 3.43. The van der Waals surface area contributed by atoms with E-state index in [9.17, 15) is 0 Å². The fourth-order valence-corrected chi connectivity index (χ4v) is 2.00. The van der Waals surface area contributed by atoms with Crippen molar-refractivity contribution in [2.45, 2.75) is 33.1 Å². The average molecular weight is 276 g/mol. The predicted molar refractivity (Wildman–Crippen MR) is 76.8 cm³/mol. The summed E-state index contributed by atoms with van der Waals surface area (Å²) in [5.74, 6) is 3.03. The predicted octanol–water partition coefficient (Wildman–Crippen LogP) is 1.82. The van der Waals surface area contributed by atoms with E-state index in [1.54, 1.807) is 13.3 Å². The van der Waals surface area contributed by atoms with Gasteiger partial charge in [-0.1, -0.05) is 18.5 Å². The van der Waals surface area contributed by atoms with Gasteiger partial charge in [0.15, 0.2) is 5.82 Å². The van der Waals surface area contributed by atoms with Crippen molar-refractivity contribution in [3.8, 4) is 0 Å². The lowest BCUT2D eigenvalue weighted by Gasteiger charge is -2.13. The maximum atomic E-state index is 4.94. The molecule has 7 nitrogen and oxygen atoms in total. The van der Waals surface area contributed by atoms with Gasteiger partial charge in [0.05, 0.1) is 0 Å². The van der Waals surface area contributed by atoms with Gasteiger partial charge < -0.3 is 15.2 Å². The van der Waals surface area contributed by atoms with Gasteiger partial charge in [-0.3, -0.25) is 0 Å². The van der Waals surface area contributed by atoms with E-state index in [4.69, 9.17) is 4.52 Å². The Morgan fingerprint density at radius 3 is 2.65 bits per heavy atom. The van der Waals surface area contributed by atoms with Crippen LogP contribution in [0.4, 0.5) is 11.6 Å². The van der Waals surface area contributed by atoms with E-state index in [2.05, 4.69) is 37.7 Å². The Morgan fingerprint density at radius 2 is 2.00 bits per heavy atom. The molecule has 0 unspecified atom stereocenters. The second-order valence-corrected chi connectivity index (χ2v) is 4.46. The van der Waals surface area contributed by atoms with E-state index in [0.717, 1.165) is 30.0 Å². The van der Waals surface area contributed by atoms with Gasteiger partial charge in [0.1, 0.15) is 18.0 Å². The first-order chi connectivity index (χ1) is 9.74. The molecule has 0 aliphatic rings. The van der Waals surface area contributed by atoms with Crippen molar-refractivity contribution < 1.29 is 4.52 Å². The molecule has 7 heteroatoms. The molecule has 0 fully saturated rings. The molecule has 108 valence electrons. The van der Waals surface area contributed by atoms with Gasteiger partial charge in [0, 0.05) is 32.5 Å². The number of anilines is 2. The molecule has 2 heterocycles. The Labute approximate surface area is 118 Å². The summed E-state index contributed by atoms with van der Waals surface area (Å²) in [6.07, 6.45) is 4.23. The largest absolute Gasteiger partial charge is 0.373 e. The maximum absolute atomic E-state index is 4.94. The summed E-state index contributed by atoms with van der Waals surface area (Å²) in [5, 5.41) is 10.3. The van der Waals surface area contributed by atoms with E-state index in [-0.39, 0.29) is 0 Å². The second kappa shape index (κ2) is 6.83. The summed E-state index contributed by atoms with van der Waals surface area (Å²) in [7, 11) is 1.87. The third-order valence-corrected chi connectivity index (χ3v) is 2.89. The topological polar surface area (TPSA) is 88.8 Å². The third-order valence-electron chi connectivity index (χ3n) is 2.89. The summed E-state index contributed by atoms with van der Waals surface area (Å²) in [6.45, 7) is 4.63. The van der Waals surface area contributed by atoms with Crippen LogP contribution in [0, 0.1) is 6.92 Å². The van der Waals surface area contributed by atoms with Gasteiger partial charge in [-0.2, -0.15) is 4.98 Å². The first kappa shape index (κ1) is 14.2. The Hall–Kier alpha value is -2.18. The molecule has 0 amide bonds. The van der Waals surface area contributed by atoms with Crippen molar-refractivity contribution in [2.75, 3.05) is 24.2 Å². The van der Waals surface area contributed by atoms with E-state index in [0.29, 0.717) is 24.7 Å². The Morgan fingerprint density at radius 1 is 1.20 bits per heavy atom. The summed E-state index contributed by atoms with van der Waals surface area (Å²) in [4.78, 5) is 12.7. The minimum absolute atomic E-state index is 0.589. The Balaban J connectivity index is 2.01. The van der Waals surface area contributed by atoms with Crippen LogP contribution in [0.5, 0.6) is 0 Å². The molecule has 2 N–H and O–H groups in total. The Bertz CT molecular complexity index is 554. The molecule has 0 saturated heterocycles. The van der Waals surface area contributed by atoms with Crippen LogP contribution < -0.4 is 10.6 Å². The van der Waals surface area contributed by atoms with Crippen LogP contribution >= 0.6 is 0 Å². The molecular weight excluding hydrogens is 256 g/mol. The molecule has 20 heavy (non-hydrogen) atoms. The van der Waals surface area contributed by atoms with Crippen LogP contribution in [0.25, 0.3) is 0 Å². The van der Waals surface area contributed by atoms with Crippen LogP contribution in [0.15, 0.2) is 10.9 Å². The number of hydrogen-bond acceptors (Lipinski definition) is 7. The van der Waals surface area contributed by atoms with Crippen LogP contribution in [0.3, 0.4) is 0 Å². The van der Waals surface area contributed by atoms with E-state index < -0.39 is 0 Å². The maximum Gasteiger partial charge on any atom is 0.223 e. The van der Waals surface area contributed by atoms with Gasteiger partial charge in [-0.25, -0.2) is 9.97 Å². The molecule has 0 spiro atoms. The monoisotopic (exact) mass is 276 g/mol. The summed E-state index contributed by atoms with van der Waals surface area (Å²) < 4.78 is 4.94. The molecule has 0 radical (unpaired) electrons. The van der Waals surface area contributed by atoms with Crippen molar-refractivity contribution in [2.24, 2.45) is 0 Å². The van der Waals surface area contributed by atoms with Crippen molar-refractivity contribution >= 4 is 11.6 Å². The van der Waals surface area contributed by atoms with Crippen LogP contribution in [0.2, 0.25) is 0 Å². The standard InChI is InChI=1S/C13H20N6O/c1-4-5-10-12(14-3)16-8-17-13(10)15-7-6-11-18-9(2)20-19-11/h8H,4-7H2,1-3H3,(H2,14,15,16,17). The van der Waals surface area contributed by atoms with E-state index in [1.807, 2.05) is 7.05 Å². The lowest BCUT2D eigenvalue weighted by Crippen LogP contribution is -2.11. The Kier molecular flexibility index (Phi) is 4.86. The zero-order valence-corrected chi connectivity index (χ0v) is 12.1. The molecule has 0 saturated carbocycles. The number of aryl methyl sites for hydroxylation is 1. The highest BCUT2D eigenvalue weighted by Crippen LogP contribution is 2.21. The van der Waals surface area contributed by atoms with Gasteiger partial charge >= 0.3 is 0 Å². The second-order valence-electron chi connectivity index (χ2n) is 4.46. The van der Waals surface area contributed by atoms with Gasteiger partial charge in [0.2, 0.25) is 5.89 Å². The molecule has 0 aliphatic heterocycles. The molecule has 0 aromatic carbocycles. The van der Waals surface area contributed by atoms with Crippen molar-refractivity contribution in [3.63, 3.8) is 0 Å². The number of nitrogens with zero attached hydrogens (tertiary/aromatic N) is 4. The zero-order chi connectivity index (χ0) is 14.4. The summed E-state index contributed by atoms with van der Waals surface area (Å²) >= 11 is 0. The molecule has 2 aromatic rings. The van der Waals surface area contributed by atoms with Gasteiger partial charge in [-0.15, -0.1) is 0 Å². The molecule has 0 aliphatic carbocycles. The summed E-state index contributed by atoms with van der Waals surface area (Å²) in [5.41, 5.74) is 1.11. The number of nitrogens with one attached hydrogen (secondary N) is 2. The highest BCUT2D eigenvalue weighted by atomic mass is 16.5. The van der Waals surface area contributed by atoms with Crippen molar-refractivity contribution in [1.29, 1.82) is 0 Å². The first-order valence-electron chi connectivity index (χ1n) is 6.79. The average Bonchev–Trinajstić information content (AvgIpc) is 2.86. The quantitative estimate of drug-likeness (QED) is 0.797. The fraction of sp³-hybridized carbons (Fsp3) is 0.538. The summed E-state index contributed by atoms with van der Waals surface area (Å²) in [6, 6.07) is 0. The number of hydrogen-bond donors (Lipinski definition) is 2. The lowest BCUT2D eigenvalue weighted by atomic mass is 10.1. The molecular formula is C13H20N6O. The highest BCUT2D eigenvalue weighted by Gasteiger charge is 2.10. The van der Waals surface area contributed by atoms with Crippen LogP contribution in [0.1, 0.15) is 30.6 Å². The minimum Gasteiger partial charge on any atom is -0.373 e. The van der Waals surface area contributed by atoms with Gasteiger partial charge in [-0.05, 0) is 6.42 Å². The molecule has 2 aromatic heterocycles.